The summed E-state index contributed by atoms with van der Waals surface area (Å²) in [6.45, 7) is 5.39. The zero-order valence-electron chi connectivity index (χ0n) is 18.7. The molecule has 0 spiro atoms. The van der Waals surface area contributed by atoms with Crippen molar-refractivity contribution in [3.63, 3.8) is 0 Å². The van der Waals surface area contributed by atoms with Crippen LogP contribution in [0.4, 0.5) is 0 Å². The minimum atomic E-state index is -0.428. The third-order valence-electron chi connectivity index (χ3n) is 6.02. The first-order valence-corrected chi connectivity index (χ1v) is 11.7. The quantitative estimate of drug-likeness (QED) is 0.528. The maximum Gasteiger partial charge on any atom is 0.290 e. The molecule has 0 N–H and O–H groups in total. The van der Waals surface area contributed by atoms with Crippen LogP contribution in [0.1, 0.15) is 45.3 Å². The van der Waals surface area contributed by atoms with Crippen LogP contribution in [0.5, 0.6) is 0 Å². The van der Waals surface area contributed by atoms with Gasteiger partial charge in [0, 0.05) is 11.4 Å². The van der Waals surface area contributed by atoms with Gasteiger partial charge in [-0.15, -0.1) is 11.8 Å². The molecule has 4 rings (SSSR count). The van der Waals surface area contributed by atoms with E-state index >= 15 is 0 Å². The molecule has 1 aromatic heterocycles. The molecule has 0 bridgehead atoms. The van der Waals surface area contributed by atoms with Gasteiger partial charge in [-0.25, -0.2) is 0 Å². The third kappa shape index (κ3) is 3.90. The van der Waals surface area contributed by atoms with Crippen molar-refractivity contribution in [3.8, 4) is 0 Å². The van der Waals surface area contributed by atoms with Gasteiger partial charge in [0.15, 0.2) is 5.43 Å². The molecule has 0 aliphatic carbocycles. The van der Waals surface area contributed by atoms with E-state index in [1.54, 1.807) is 16.7 Å². The monoisotopic (exact) mass is 436 g/mol. The Labute approximate surface area is 187 Å². The molecule has 0 saturated carbocycles. The Morgan fingerprint density at radius 1 is 1.06 bits per heavy atom. The van der Waals surface area contributed by atoms with Crippen molar-refractivity contribution in [3.05, 3.63) is 74.6 Å². The van der Waals surface area contributed by atoms with Crippen molar-refractivity contribution >= 4 is 28.6 Å². The molecule has 2 heterocycles. The second kappa shape index (κ2) is 8.52. The molecular formula is C25H28N2O3S. The topological polar surface area (TPSA) is 53.8 Å². The maximum atomic E-state index is 13.6. The maximum absolute atomic E-state index is 13.6. The van der Waals surface area contributed by atoms with Gasteiger partial charge in [-0.1, -0.05) is 12.1 Å². The Kier molecular flexibility index (Phi) is 5.95. The van der Waals surface area contributed by atoms with Gasteiger partial charge in [0.05, 0.1) is 17.0 Å². The number of nitrogens with zero attached hydrogens (tertiary/aromatic N) is 2. The van der Waals surface area contributed by atoms with E-state index in [2.05, 4.69) is 4.90 Å². The van der Waals surface area contributed by atoms with Gasteiger partial charge in [0.2, 0.25) is 5.76 Å². The van der Waals surface area contributed by atoms with Gasteiger partial charge in [0.25, 0.3) is 5.91 Å². The van der Waals surface area contributed by atoms with E-state index in [9.17, 15) is 9.59 Å². The summed E-state index contributed by atoms with van der Waals surface area (Å²) in [7, 11) is 4.03. The zero-order valence-corrected chi connectivity index (χ0v) is 19.5. The molecule has 31 heavy (non-hydrogen) atoms. The van der Waals surface area contributed by atoms with Crippen LogP contribution < -0.4 is 5.43 Å². The van der Waals surface area contributed by atoms with E-state index in [4.69, 9.17) is 4.42 Å². The first-order chi connectivity index (χ1) is 14.8. The summed E-state index contributed by atoms with van der Waals surface area (Å²) < 4.78 is 6.08. The fourth-order valence-electron chi connectivity index (χ4n) is 4.20. The summed E-state index contributed by atoms with van der Waals surface area (Å²) in [6.07, 6.45) is 2.85. The predicted molar refractivity (Wildman–Crippen MR) is 126 cm³/mol. The lowest BCUT2D eigenvalue weighted by Crippen LogP contribution is -2.32. The van der Waals surface area contributed by atoms with E-state index in [1.807, 2.05) is 70.6 Å². The molecular weight excluding hydrogens is 408 g/mol. The van der Waals surface area contributed by atoms with Crippen molar-refractivity contribution in [1.29, 1.82) is 0 Å². The van der Waals surface area contributed by atoms with Gasteiger partial charge in [0.1, 0.15) is 5.58 Å². The third-order valence-corrected chi connectivity index (χ3v) is 6.76. The van der Waals surface area contributed by atoms with Gasteiger partial charge >= 0.3 is 0 Å². The lowest BCUT2D eigenvalue weighted by molar-refractivity contribution is 0.0722. The van der Waals surface area contributed by atoms with Crippen LogP contribution in [-0.4, -0.2) is 49.1 Å². The minimum absolute atomic E-state index is 0.109. The summed E-state index contributed by atoms with van der Waals surface area (Å²) in [5.74, 6) is -0.0190. The lowest BCUT2D eigenvalue weighted by atomic mass is 9.97. The largest absolute Gasteiger partial charge is 0.450 e. The smallest absolute Gasteiger partial charge is 0.290 e. The number of hydrogen-bond donors (Lipinski definition) is 0. The Bertz CT molecular complexity index is 1200. The molecule has 5 nitrogen and oxygen atoms in total. The molecule has 0 unspecified atom stereocenters. The highest BCUT2D eigenvalue weighted by Gasteiger charge is 2.42. The van der Waals surface area contributed by atoms with Crippen molar-refractivity contribution in [2.75, 3.05) is 33.4 Å². The van der Waals surface area contributed by atoms with Crippen LogP contribution in [0.3, 0.4) is 0 Å². The fraction of sp³-hybridized carbons (Fsp3) is 0.360. The first kappa shape index (κ1) is 21.7. The number of amides is 1. The lowest BCUT2D eigenvalue weighted by Gasteiger charge is -2.26. The Morgan fingerprint density at radius 2 is 1.74 bits per heavy atom. The summed E-state index contributed by atoms with van der Waals surface area (Å²) in [5.41, 5.74) is 3.84. The number of carbonyl (C=O) groups is 1. The summed E-state index contributed by atoms with van der Waals surface area (Å²) in [6, 6.07) is 11.4. The SMILES string of the molecule is CSc1ccc([C@H]2c3c(oc4cc(C)c(C)cc4c3=O)C(=O)N2CCCN(C)C)cc1. The van der Waals surface area contributed by atoms with Gasteiger partial charge in [-0.3, -0.25) is 9.59 Å². The van der Waals surface area contributed by atoms with E-state index in [-0.39, 0.29) is 17.1 Å². The summed E-state index contributed by atoms with van der Waals surface area (Å²) in [4.78, 5) is 32.1. The second-order valence-corrected chi connectivity index (χ2v) is 9.32. The Balaban J connectivity index is 1.88. The van der Waals surface area contributed by atoms with Crippen molar-refractivity contribution in [2.24, 2.45) is 0 Å². The number of rotatable bonds is 6. The van der Waals surface area contributed by atoms with Crippen LogP contribution in [0.15, 0.2) is 50.5 Å². The number of hydrogen-bond acceptors (Lipinski definition) is 5. The molecule has 162 valence electrons. The summed E-state index contributed by atoms with van der Waals surface area (Å²) in [5, 5.41) is 0.538. The number of fused-ring (bicyclic) bond motifs is 2. The highest BCUT2D eigenvalue weighted by molar-refractivity contribution is 7.98. The fourth-order valence-corrected chi connectivity index (χ4v) is 4.60. The average molecular weight is 437 g/mol. The van der Waals surface area contributed by atoms with E-state index in [0.29, 0.717) is 23.1 Å². The van der Waals surface area contributed by atoms with E-state index in [1.165, 1.54) is 0 Å². The first-order valence-electron chi connectivity index (χ1n) is 10.5. The molecule has 2 aromatic carbocycles. The van der Waals surface area contributed by atoms with Gasteiger partial charge in [-0.05, 0) is 88.1 Å². The van der Waals surface area contributed by atoms with Gasteiger partial charge in [-0.2, -0.15) is 0 Å². The Hall–Kier alpha value is -2.57. The standard InChI is InChI=1S/C25H28N2O3S/c1-15-13-19-20(14-16(15)2)30-24-21(23(19)28)22(17-7-9-18(31-5)10-8-17)27(25(24)29)12-6-11-26(3)4/h7-10,13-14,22H,6,11-12H2,1-5H3/t22-/m0/s1. The molecule has 6 heteroatoms. The number of carbonyl (C=O) groups excluding carboxylic acids is 1. The Morgan fingerprint density at radius 3 is 2.39 bits per heavy atom. The normalized spacial score (nSPS) is 15.9. The van der Waals surface area contributed by atoms with Crippen LogP contribution in [-0.2, 0) is 0 Å². The van der Waals surface area contributed by atoms with Crippen molar-refractivity contribution in [1.82, 2.24) is 9.80 Å². The minimum Gasteiger partial charge on any atom is -0.450 e. The zero-order chi connectivity index (χ0) is 22.3. The van der Waals surface area contributed by atoms with Crippen LogP contribution in [0.25, 0.3) is 11.0 Å². The predicted octanol–water partition coefficient (Wildman–Crippen LogP) is 4.63. The highest BCUT2D eigenvalue weighted by atomic mass is 32.2. The molecule has 1 amide bonds. The number of aryl methyl sites for hydroxylation is 2. The average Bonchev–Trinajstić information content (AvgIpc) is 3.02. The van der Waals surface area contributed by atoms with Crippen LogP contribution >= 0.6 is 11.8 Å². The molecule has 0 saturated heterocycles. The van der Waals surface area contributed by atoms with Crippen molar-refractivity contribution < 1.29 is 9.21 Å². The van der Waals surface area contributed by atoms with Crippen LogP contribution in [0.2, 0.25) is 0 Å². The molecule has 0 radical (unpaired) electrons. The molecule has 1 aliphatic heterocycles. The number of benzene rings is 2. The summed E-state index contributed by atoms with van der Waals surface area (Å²) >= 11 is 1.67. The highest BCUT2D eigenvalue weighted by Crippen LogP contribution is 2.38. The second-order valence-electron chi connectivity index (χ2n) is 8.44. The molecule has 1 aliphatic rings. The van der Waals surface area contributed by atoms with Crippen molar-refractivity contribution in [2.45, 2.75) is 31.2 Å². The van der Waals surface area contributed by atoms with Gasteiger partial charge < -0.3 is 14.2 Å². The van der Waals surface area contributed by atoms with E-state index in [0.717, 1.165) is 34.6 Å². The van der Waals surface area contributed by atoms with Crippen LogP contribution in [0, 0.1) is 13.8 Å². The van der Waals surface area contributed by atoms with E-state index < -0.39 is 6.04 Å². The molecule has 1 atom stereocenters. The number of thioether (sulfide) groups is 1. The molecule has 3 aromatic rings. The molecule has 0 fully saturated rings.